The maximum atomic E-state index is 5.63. The molecule has 0 aliphatic heterocycles. The van der Waals surface area contributed by atoms with Gasteiger partial charge in [0.1, 0.15) is 5.75 Å². The van der Waals surface area contributed by atoms with E-state index < -0.39 is 0 Å². The van der Waals surface area contributed by atoms with Gasteiger partial charge in [0.15, 0.2) is 11.5 Å². The summed E-state index contributed by atoms with van der Waals surface area (Å²) in [5, 5.41) is 18.5. The standard InChI is InChI=1S/C14H9BrN8O/c15-9-7-16-14(17-8-9)24-11-3-1-2-10(6-11)18-12-4-5-13-19-21-22-23(13)20-12/h1-8H,(H,18,20). The first kappa shape index (κ1) is 14.5. The number of fused-ring (bicyclic) bond motifs is 1. The van der Waals surface area contributed by atoms with E-state index >= 15 is 0 Å². The third-order valence-electron chi connectivity index (χ3n) is 2.98. The predicted molar refractivity (Wildman–Crippen MR) is 88.1 cm³/mol. The van der Waals surface area contributed by atoms with Gasteiger partial charge in [0.05, 0.1) is 4.47 Å². The van der Waals surface area contributed by atoms with E-state index in [9.17, 15) is 0 Å². The molecule has 0 aliphatic rings. The van der Waals surface area contributed by atoms with E-state index in [1.54, 1.807) is 24.5 Å². The van der Waals surface area contributed by atoms with Crippen LogP contribution in [0.2, 0.25) is 0 Å². The lowest BCUT2D eigenvalue weighted by Gasteiger charge is -2.08. The number of nitrogens with zero attached hydrogens (tertiary/aromatic N) is 7. The maximum Gasteiger partial charge on any atom is 0.321 e. The monoisotopic (exact) mass is 384 g/mol. The van der Waals surface area contributed by atoms with E-state index in [2.05, 4.69) is 51.8 Å². The van der Waals surface area contributed by atoms with Gasteiger partial charge in [0.2, 0.25) is 0 Å². The number of hydrogen-bond acceptors (Lipinski definition) is 8. The van der Waals surface area contributed by atoms with Crippen LogP contribution in [0.3, 0.4) is 0 Å². The summed E-state index contributed by atoms with van der Waals surface area (Å²) >= 11 is 3.28. The molecule has 10 heteroatoms. The molecule has 24 heavy (non-hydrogen) atoms. The van der Waals surface area contributed by atoms with E-state index in [1.165, 1.54) is 4.63 Å². The van der Waals surface area contributed by atoms with Crippen LogP contribution in [0.4, 0.5) is 11.5 Å². The van der Waals surface area contributed by atoms with Gasteiger partial charge in [-0.25, -0.2) is 9.97 Å². The fourth-order valence-electron chi connectivity index (χ4n) is 1.96. The van der Waals surface area contributed by atoms with Crippen molar-refractivity contribution in [1.82, 2.24) is 35.2 Å². The number of benzene rings is 1. The number of aromatic nitrogens is 7. The molecule has 0 atom stereocenters. The van der Waals surface area contributed by atoms with E-state index in [1.807, 2.05) is 24.3 Å². The third-order valence-corrected chi connectivity index (χ3v) is 3.39. The molecule has 3 aromatic heterocycles. The molecule has 0 radical (unpaired) electrons. The first-order valence-electron chi connectivity index (χ1n) is 6.84. The van der Waals surface area contributed by atoms with Crippen molar-refractivity contribution in [2.75, 3.05) is 5.32 Å². The smallest absolute Gasteiger partial charge is 0.321 e. The molecule has 9 nitrogen and oxygen atoms in total. The molecule has 1 N–H and O–H groups in total. The Hall–Kier alpha value is -3.14. The molecule has 118 valence electrons. The topological polar surface area (TPSA) is 103 Å². The number of rotatable bonds is 4. The summed E-state index contributed by atoms with van der Waals surface area (Å²) in [6.07, 6.45) is 3.24. The molecule has 4 rings (SSSR count). The summed E-state index contributed by atoms with van der Waals surface area (Å²) in [6.45, 7) is 0. The lowest BCUT2D eigenvalue weighted by molar-refractivity contribution is 0.441. The van der Waals surface area contributed by atoms with Crippen molar-refractivity contribution in [3.05, 3.63) is 53.3 Å². The fraction of sp³-hybridized carbons (Fsp3) is 0. The average Bonchev–Trinajstić information content (AvgIpc) is 3.05. The van der Waals surface area contributed by atoms with Crippen LogP contribution in [0.1, 0.15) is 0 Å². The molecule has 0 fully saturated rings. The van der Waals surface area contributed by atoms with Crippen molar-refractivity contribution in [3.63, 3.8) is 0 Å². The Morgan fingerprint density at radius 1 is 1.08 bits per heavy atom. The third kappa shape index (κ3) is 3.13. The largest absolute Gasteiger partial charge is 0.424 e. The molecule has 0 spiro atoms. The highest BCUT2D eigenvalue weighted by atomic mass is 79.9. The summed E-state index contributed by atoms with van der Waals surface area (Å²) in [7, 11) is 0. The lowest BCUT2D eigenvalue weighted by Crippen LogP contribution is -2.00. The number of hydrogen-bond donors (Lipinski definition) is 1. The van der Waals surface area contributed by atoms with Crippen LogP contribution >= 0.6 is 15.9 Å². The Labute approximate surface area is 143 Å². The van der Waals surface area contributed by atoms with Crippen LogP contribution in [0, 0.1) is 0 Å². The summed E-state index contributed by atoms with van der Waals surface area (Å²) in [5.41, 5.74) is 1.37. The number of anilines is 2. The predicted octanol–water partition coefficient (Wildman–Crippen LogP) is 2.61. The SMILES string of the molecule is Brc1cnc(Oc2cccc(Nc3ccc4nnnn4n3)c2)nc1. The van der Waals surface area contributed by atoms with Crippen molar-refractivity contribution < 1.29 is 4.74 Å². The van der Waals surface area contributed by atoms with Crippen LogP contribution in [0.25, 0.3) is 5.65 Å². The molecule has 0 bridgehead atoms. The van der Waals surface area contributed by atoms with Crippen molar-refractivity contribution in [2.24, 2.45) is 0 Å². The van der Waals surface area contributed by atoms with Crippen LogP contribution in [-0.2, 0) is 0 Å². The van der Waals surface area contributed by atoms with Crippen molar-refractivity contribution in [3.8, 4) is 11.8 Å². The van der Waals surface area contributed by atoms with Crippen LogP contribution in [0.15, 0.2) is 53.3 Å². The van der Waals surface area contributed by atoms with Gasteiger partial charge in [-0.15, -0.1) is 14.8 Å². The molecule has 4 aromatic rings. The second-order valence-electron chi connectivity index (χ2n) is 4.68. The van der Waals surface area contributed by atoms with Gasteiger partial charge < -0.3 is 10.1 Å². The summed E-state index contributed by atoms with van der Waals surface area (Å²) in [5.74, 6) is 1.21. The van der Waals surface area contributed by atoms with E-state index in [0.717, 1.165) is 10.2 Å². The zero-order valence-corrected chi connectivity index (χ0v) is 13.6. The number of ether oxygens (including phenoxy) is 1. The second kappa shape index (κ2) is 6.16. The minimum atomic E-state index is 0.267. The quantitative estimate of drug-likeness (QED) is 0.572. The molecule has 0 amide bonds. The fourth-order valence-corrected chi connectivity index (χ4v) is 2.16. The molecule has 0 aliphatic carbocycles. The Kier molecular flexibility index (Phi) is 3.71. The zero-order chi connectivity index (χ0) is 16.4. The first-order chi connectivity index (χ1) is 11.8. The molecular formula is C14H9BrN8O. The Morgan fingerprint density at radius 2 is 1.96 bits per heavy atom. The first-order valence-corrected chi connectivity index (χ1v) is 7.63. The molecule has 0 saturated carbocycles. The van der Waals surface area contributed by atoms with E-state index in [4.69, 9.17) is 4.74 Å². The summed E-state index contributed by atoms with van der Waals surface area (Å²) < 4.78 is 7.76. The van der Waals surface area contributed by atoms with Gasteiger partial charge in [-0.3, -0.25) is 0 Å². The van der Waals surface area contributed by atoms with Gasteiger partial charge >= 0.3 is 6.01 Å². The van der Waals surface area contributed by atoms with E-state index in [0.29, 0.717) is 17.2 Å². The average molecular weight is 385 g/mol. The van der Waals surface area contributed by atoms with Gasteiger partial charge in [-0.2, -0.15) is 0 Å². The highest BCUT2D eigenvalue weighted by molar-refractivity contribution is 9.10. The molecule has 3 heterocycles. The molecular weight excluding hydrogens is 376 g/mol. The van der Waals surface area contributed by atoms with Gasteiger partial charge in [-0.1, -0.05) is 6.07 Å². The molecule has 0 saturated heterocycles. The minimum absolute atomic E-state index is 0.267. The Balaban J connectivity index is 1.54. The Bertz CT molecular complexity index is 987. The molecule has 1 aromatic carbocycles. The van der Waals surface area contributed by atoms with Crippen LogP contribution in [-0.4, -0.2) is 35.2 Å². The second-order valence-corrected chi connectivity index (χ2v) is 5.60. The minimum Gasteiger partial charge on any atom is -0.424 e. The Morgan fingerprint density at radius 3 is 2.83 bits per heavy atom. The van der Waals surface area contributed by atoms with Crippen molar-refractivity contribution in [2.45, 2.75) is 0 Å². The normalized spacial score (nSPS) is 10.7. The van der Waals surface area contributed by atoms with Gasteiger partial charge in [-0.05, 0) is 50.6 Å². The van der Waals surface area contributed by atoms with Crippen molar-refractivity contribution in [1.29, 1.82) is 0 Å². The van der Waals surface area contributed by atoms with Crippen LogP contribution < -0.4 is 10.1 Å². The van der Waals surface area contributed by atoms with Gasteiger partial charge in [0.25, 0.3) is 0 Å². The van der Waals surface area contributed by atoms with Crippen molar-refractivity contribution >= 4 is 33.1 Å². The van der Waals surface area contributed by atoms with E-state index in [-0.39, 0.29) is 6.01 Å². The van der Waals surface area contributed by atoms with Crippen LogP contribution in [0.5, 0.6) is 11.8 Å². The number of nitrogens with one attached hydrogen (secondary N) is 1. The lowest BCUT2D eigenvalue weighted by atomic mass is 10.3. The zero-order valence-electron chi connectivity index (χ0n) is 12.0. The highest BCUT2D eigenvalue weighted by Gasteiger charge is 2.04. The summed E-state index contributed by atoms with van der Waals surface area (Å²) in [4.78, 5) is 8.15. The number of halogens is 1. The maximum absolute atomic E-state index is 5.63. The highest BCUT2D eigenvalue weighted by Crippen LogP contribution is 2.23. The summed E-state index contributed by atoms with van der Waals surface area (Å²) in [6, 6.07) is 11.2. The number of tetrazole rings is 1. The van der Waals surface area contributed by atoms with Gasteiger partial charge in [0, 0.05) is 24.1 Å². The molecule has 0 unspecified atom stereocenters.